The number of hydrogen-bond acceptors (Lipinski definition) is 1. The van der Waals surface area contributed by atoms with E-state index in [0.29, 0.717) is 23.5 Å². The maximum Gasteiger partial charge on any atom is 0.115 e. The third kappa shape index (κ3) is 1.54. The highest BCUT2D eigenvalue weighted by Gasteiger charge is 2.52. The van der Waals surface area contributed by atoms with Gasteiger partial charge in [-0.3, -0.25) is 0 Å². The first kappa shape index (κ1) is 12.4. The molecular formula is C18H21FO. The van der Waals surface area contributed by atoms with Crippen LogP contribution in [0.15, 0.2) is 30.1 Å². The first-order chi connectivity index (χ1) is 9.59. The smallest absolute Gasteiger partial charge is 0.115 e. The summed E-state index contributed by atoms with van der Waals surface area (Å²) in [7, 11) is 0. The molecule has 0 aliphatic heterocycles. The Morgan fingerprint density at radius 1 is 1.30 bits per heavy atom. The van der Waals surface area contributed by atoms with E-state index in [0.717, 1.165) is 32.1 Å². The van der Waals surface area contributed by atoms with Gasteiger partial charge < -0.3 is 5.11 Å². The van der Waals surface area contributed by atoms with Crippen LogP contribution in [-0.2, 0) is 6.42 Å². The van der Waals surface area contributed by atoms with E-state index >= 15 is 0 Å². The zero-order valence-electron chi connectivity index (χ0n) is 11.9. The van der Waals surface area contributed by atoms with E-state index < -0.39 is 0 Å². The lowest BCUT2D eigenvalue weighted by molar-refractivity contribution is 0.0610. The van der Waals surface area contributed by atoms with Crippen molar-refractivity contribution in [2.75, 3.05) is 0 Å². The summed E-state index contributed by atoms with van der Waals surface area (Å²) in [5.41, 5.74) is 2.52. The third-order valence-corrected chi connectivity index (χ3v) is 6.20. The van der Waals surface area contributed by atoms with Crippen molar-refractivity contribution < 1.29 is 9.50 Å². The largest absolute Gasteiger partial charge is 0.508 e. The topological polar surface area (TPSA) is 20.2 Å². The first-order valence-corrected chi connectivity index (χ1v) is 7.77. The van der Waals surface area contributed by atoms with E-state index in [-0.39, 0.29) is 11.2 Å². The lowest BCUT2D eigenvalue weighted by Crippen LogP contribution is -2.40. The second kappa shape index (κ2) is 4.09. The highest BCUT2D eigenvalue weighted by Crippen LogP contribution is 2.61. The fourth-order valence-corrected chi connectivity index (χ4v) is 5.08. The molecule has 4 rings (SSSR count). The summed E-state index contributed by atoms with van der Waals surface area (Å²) in [5.74, 6) is 2.16. The van der Waals surface area contributed by atoms with Crippen LogP contribution in [0.4, 0.5) is 4.39 Å². The highest BCUT2D eigenvalue weighted by atomic mass is 19.1. The van der Waals surface area contributed by atoms with Crippen molar-refractivity contribution in [2.45, 2.75) is 44.9 Å². The van der Waals surface area contributed by atoms with Crippen molar-refractivity contribution in [1.82, 2.24) is 0 Å². The molecule has 0 amide bonds. The second-order valence-corrected chi connectivity index (χ2v) is 7.04. The molecule has 1 saturated carbocycles. The molecular weight excluding hydrogens is 251 g/mol. The minimum Gasteiger partial charge on any atom is -0.508 e. The Kier molecular flexibility index (Phi) is 2.55. The molecule has 0 radical (unpaired) electrons. The van der Waals surface area contributed by atoms with Gasteiger partial charge in [0, 0.05) is 5.41 Å². The molecule has 1 nitrogen and oxygen atoms in total. The van der Waals surface area contributed by atoms with Gasteiger partial charge in [-0.05, 0) is 73.1 Å². The van der Waals surface area contributed by atoms with E-state index in [9.17, 15) is 9.50 Å². The molecule has 106 valence electrons. The number of allylic oxidation sites excluding steroid dienone is 2. The van der Waals surface area contributed by atoms with Crippen LogP contribution in [0.5, 0.6) is 5.75 Å². The van der Waals surface area contributed by atoms with Gasteiger partial charge in [0.15, 0.2) is 0 Å². The number of hydrogen-bond donors (Lipinski definition) is 1. The Morgan fingerprint density at radius 3 is 3.00 bits per heavy atom. The molecule has 1 aromatic rings. The van der Waals surface area contributed by atoms with E-state index in [1.807, 2.05) is 18.2 Å². The molecule has 1 fully saturated rings. The van der Waals surface area contributed by atoms with Crippen LogP contribution in [0.3, 0.4) is 0 Å². The molecule has 3 aliphatic rings. The molecule has 0 spiro atoms. The van der Waals surface area contributed by atoms with Crippen LogP contribution in [0.1, 0.15) is 49.7 Å². The monoisotopic (exact) mass is 272 g/mol. The normalized spacial score (nSPS) is 38.7. The summed E-state index contributed by atoms with van der Waals surface area (Å²) >= 11 is 0. The number of halogens is 1. The van der Waals surface area contributed by atoms with Gasteiger partial charge in [-0.25, -0.2) is 4.39 Å². The standard InChI is InChI=1S/C18H21FO/c1-18-9-8-14-13-5-3-12(20)10-11(13)2-4-15(14)16(18)6-7-17(18)19/h3,5,7,10,14-16,20H,2,4,6,8-9H2,1H3/t14?,15?,16?,18-/m0/s1. The molecule has 20 heavy (non-hydrogen) atoms. The van der Waals surface area contributed by atoms with Gasteiger partial charge >= 0.3 is 0 Å². The lowest BCUT2D eigenvalue weighted by atomic mass is 9.55. The number of phenolic OH excluding ortho intramolecular Hbond substituents is 1. The van der Waals surface area contributed by atoms with Gasteiger partial charge in [0.25, 0.3) is 0 Å². The number of benzene rings is 1. The average molecular weight is 272 g/mol. The molecule has 1 aromatic carbocycles. The molecule has 0 aromatic heterocycles. The van der Waals surface area contributed by atoms with Crippen LogP contribution in [0.25, 0.3) is 0 Å². The fourth-order valence-electron chi connectivity index (χ4n) is 5.08. The van der Waals surface area contributed by atoms with E-state index in [1.165, 1.54) is 11.1 Å². The molecule has 0 bridgehead atoms. The molecule has 0 heterocycles. The molecule has 0 saturated heterocycles. The minimum atomic E-state index is -0.199. The van der Waals surface area contributed by atoms with Gasteiger partial charge in [0.2, 0.25) is 0 Å². The Morgan fingerprint density at radius 2 is 2.15 bits per heavy atom. The van der Waals surface area contributed by atoms with E-state index in [4.69, 9.17) is 0 Å². The van der Waals surface area contributed by atoms with Gasteiger partial charge in [-0.1, -0.05) is 19.1 Å². The van der Waals surface area contributed by atoms with E-state index in [1.54, 1.807) is 0 Å². The fraction of sp³-hybridized carbons (Fsp3) is 0.556. The Balaban J connectivity index is 1.72. The highest BCUT2D eigenvalue weighted by molar-refractivity contribution is 5.40. The first-order valence-electron chi connectivity index (χ1n) is 7.77. The number of aromatic hydroxyl groups is 1. The molecule has 3 unspecified atom stereocenters. The minimum absolute atomic E-state index is 0.137. The number of fused-ring (bicyclic) bond motifs is 5. The summed E-state index contributed by atoms with van der Waals surface area (Å²) in [6.45, 7) is 2.12. The van der Waals surface area contributed by atoms with Crippen LogP contribution >= 0.6 is 0 Å². The van der Waals surface area contributed by atoms with Crippen LogP contribution in [0.2, 0.25) is 0 Å². The van der Waals surface area contributed by atoms with Crippen LogP contribution < -0.4 is 0 Å². The summed E-state index contributed by atoms with van der Waals surface area (Å²) in [5, 5.41) is 9.65. The maximum absolute atomic E-state index is 14.2. The lowest BCUT2D eigenvalue weighted by Gasteiger charge is -2.49. The summed E-state index contributed by atoms with van der Waals surface area (Å²) in [6, 6.07) is 5.83. The zero-order valence-corrected chi connectivity index (χ0v) is 11.9. The van der Waals surface area contributed by atoms with Gasteiger partial charge in [0.1, 0.15) is 11.6 Å². The van der Waals surface area contributed by atoms with Crippen molar-refractivity contribution in [2.24, 2.45) is 17.3 Å². The Hall–Kier alpha value is -1.31. The molecule has 2 heteroatoms. The molecule has 4 atom stereocenters. The number of rotatable bonds is 0. The van der Waals surface area contributed by atoms with Crippen LogP contribution in [0, 0.1) is 17.3 Å². The van der Waals surface area contributed by atoms with Gasteiger partial charge in [-0.15, -0.1) is 0 Å². The van der Waals surface area contributed by atoms with Crippen LogP contribution in [-0.4, -0.2) is 5.11 Å². The predicted molar refractivity (Wildman–Crippen MR) is 77.3 cm³/mol. The second-order valence-electron chi connectivity index (χ2n) is 7.04. The number of phenols is 1. The van der Waals surface area contributed by atoms with E-state index in [2.05, 4.69) is 13.0 Å². The van der Waals surface area contributed by atoms with Gasteiger partial charge in [-0.2, -0.15) is 0 Å². The van der Waals surface area contributed by atoms with Crippen molar-refractivity contribution >= 4 is 0 Å². The molecule has 3 aliphatic carbocycles. The average Bonchev–Trinajstić information content (AvgIpc) is 2.74. The maximum atomic E-state index is 14.2. The van der Waals surface area contributed by atoms with Crippen molar-refractivity contribution in [3.8, 4) is 5.75 Å². The predicted octanol–water partition coefficient (Wildman–Crippen LogP) is 4.71. The number of aryl methyl sites for hydroxylation is 1. The van der Waals surface area contributed by atoms with Crippen molar-refractivity contribution in [3.05, 3.63) is 41.2 Å². The molecule has 1 N–H and O–H groups in total. The van der Waals surface area contributed by atoms with Crippen molar-refractivity contribution in [3.63, 3.8) is 0 Å². The SMILES string of the molecule is C[C@]12CCC3c4ccc(O)cc4CCC3C1CC=C2F. The van der Waals surface area contributed by atoms with Crippen molar-refractivity contribution in [1.29, 1.82) is 0 Å². The summed E-state index contributed by atoms with van der Waals surface area (Å²) in [4.78, 5) is 0. The zero-order chi connectivity index (χ0) is 13.9. The summed E-state index contributed by atoms with van der Waals surface area (Å²) < 4.78 is 14.2. The Labute approximate surface area is 119 Å². The van der Waals surface area contributed by atoms with Gasteiger partial charge in [0.05, 0.1) is 0 Å². The third-order valence-electron chi connectivity index (χ3n) is 6.20. The summed E-state index contributed by atoms with van der Waals surface area (Å²) in [6.07, 6.45) is 6.95. The Bertz CT molecular complexity index is 591. The quantitative estimate of drug-likeness (QED) is 0.725.